The fourth-order valence-electron chi connectivity index (χ4n) is 1.63. The van der Waals surface area contributed by atoms with Gasteiger partial charge in [0.1, 0.15) is 0 Å². The van der Waals surface area contributed by atoms with Crippen molar-refractivity contribution in [2.45, 2.75) is 27.7 Å². The van der Waals surface area contributed by atoms with Crippen molar-refractivity contribution in [1.82, 2.24) is 4.98 Å². The maximum Gasteiger partial charge on any atom is 0.214 e. The monoisotopic (exact) mass is 221 g/mol. The van der Waals surface area contributed by atoms with Crippen LogP contribution in [-0.4, -0.2) is 11.6 Å². The number of aromatic nitrogens is 1. The van der Waals surface area contributed by atoms with Crippen molar-refractivity contribution in [3.05, 3.63) is 22.1 Å². The largest absolute Gasteiger partial charge is 0.478 e. The summed E-state index contributed by atoms with van der Waals surface area (Å²) in [6, 6.07) is 2.02. The minimum absolute atomic E-state index is 0.667. The highest BCUT2D eigenvalue weighted by Crippen LogP contribution is 2.32. The molecule has 2 aromatic heterocycles. The predicted octanol–water partition coefficient (Wildman–Crippen LogP) is 3.62. The molecule has 0 fully saturated rings. The molecule has 0 spiro atoms. The lowest BCUT2D eigenvalue weighted by atomic mass is 10.2. The van der Waals surface area contributed by atoms with Crippen LogP contribution in [0.4, 0.5) is 0 Å². The van der Waals surface area contributed by atoms with Gasteiger partial charge in [0.05, 0.1) is 16.8 Å². The van der Waals surface area contributed by atoms with E-state index in [0.717, 1.165) is 11.4 Å². The molecule has 0 radical (unpaired) electrons. The number of ether oxygens (including phenoxy) is 1. The van der Waals surface area contributed by atoms with Crippen LogP contribution in [0.1, 0.15) is 22.9 Å². The number of nitrogens with zero attached hydrogens (tertiary/aromatic N) is 1. The first-order valence-electron chi connectivity index (χ1n) is 5.13. The van der Waals surface area contributed by atoms with E-state index in [2.05, 4.69) is 25.8 Å². The molecule has 0 amide bonds. The number of pyridine rings is 1. The summed E-state index contributed by atoms with van der Waals surface area (Å²) in [4.78, 5) is 5.88. The van der Waals surface area contributed by atoms with Gasteiger partial charge in [-0.1, -0.05) is 0 Å². The SMILES string of the molecule is CCOc1cc(C)c2sc(C)c(C)c2n1. The van der Waals surface area contributed by atoms with E-state index in [1.165, 1.54) is 20.7 Å². The Morgan fingerprint density at radius 1 is 1.33 bits per heavy atom. The Bertz CT molecular complexity index is 502. The Labute approximate surface area is 93.9 Å². The first kappa shape index (κ1) is 10.4. The van der Waals surface area contributed by atoms with Crippen molar-refractivity contribution in [1.29, 1.82) is 0 Å². The van der Waals surface area contributed by atoms with E-state index >= 15 is 0 Å². The summed E-state index contributed by atoms with van der Waals surface area (Å²) in [7, 11) is 0. The van der Waals surface area contributed by atoms with E-state index in [9.17, 15) is 0 Å². The quantitative estimate of drug-likeness (QED) is 0.772. The summed E-state index contributed by atoms with van der Waals surface area (Å²) >= 11 is 1.81. The maximum atomic E-state index is 5.45. The second-order valence-corrected chi connectivity index (χ2v) is 4.90. The summed E-state index contributed by atoms with van der Waals surface area (Å²) < 4.78 is 6.74. The second-order valence-electron chi connectivity index (χ2n) is 3.67. The summed E-state index contributed by atoms with van der Waals surface area (Å²) in [5.41, 5.74) is 3.63. The molecule has 80 valence electrons. The fourth-order valence-corrected chi connectivity index (χ4v) is 2.70. The zero-order chi connectivity index (χ0) is 11.0. The molecule has 0 atom stereocenters. The third-order valence-corrected chi connectivity index (χ3v) is 3.90. The van der Waals surface area contributed by atoms with Gasteiger partial charge in [0.2, 0.25) is 5.88 Å². The average molecular weight is 221 g/mol. The highest BCUT2D eigenvalue weighted by Gasteiger charge is 2.10. The first-order chi connectivity index (χ1) is 7.13. The van der Waals surface area contributed by atoms with E-state index in [0.29, 0.717) is 6.61 Å². The van der Waals surface area contributed by atoms with Crippen molar-refractivity contribution in [2.75, 3.05) is 6.61 Å². The molecule has 2 heterocycles. The third-order valence-electron chi connectivity index (χ3n) is 2.57. The lowest BCUT2D eigenvalue weighted by molar-refractivity contribution is 0.328. The molecule has 0 aromatic carbocycles. The van der Waals surface area contributed by atoms with Crippen LogP contribution in [0.25, 0.3) is 10.2 Å². The van der Waals surface area contributed by atoms with E-state index < -0.39 is 0 Å². The average Bonchev–Trinajstić information content (AvgIpc) is 2.46. The van der Waals surface area contributed by atoms with Crippen LogP contribution in [0.5, 0.6) is 5.88 Å². The number of aryl methyl sites for hydroxylation is 3. The number of rotatable bonds is 2. The Balaban J connectivity index is 2.68. The standard InChI is InChI=1S/C12H15NOS/c1-5-14-10-6-7(2)12-11(13-10)8(3)9(4)15-12/h6H,5H2,1-4H3. The van der Waals surface area contributed by atoms with Crippen molar-refractivity contribution in [3.8, 4) is 5.88 Å². The lowest BCUT2D eigenvalue weighted by Gasteiger charge is -2.04. The lowest BCUT2D eigenvalue weighted by Crippen LogP contribution is -1.95. The molecule has 0 N–H and O–H groups in total. The topological polar surface area (TPSA) is 22.1 Å². The fraction of sp³-hybridized carbons (Fsp3) is 0.417. The smallest absolute Gasteiger partial charge is 0.214 e. The van der Waals surface area contributed by atoms with Gasteiger partial charge < -0.3 is 4.74 Å². The van der Waals surface area contributed by atoms with Crippen molar-refractivity contribution < 1.29 is 4.74 Å². The molecule has 0 bridgehead atoms. The first-order valence-corrected chi connectivity index (χ1v) is 5.95. The minimum Gasteiger partial charge on any atom is -0.478 e. The zero-order valence-electron chi connectivity index (χ0n) is 9.55. The molecule has 2 nitrogen and oxygen atoms in total. The Morgan fingerprint density at radius 2 is 2.07 bits per heavy atom. The van der Waals surface area contributed by atoms with Gasteiger partial charge in [-0.2, -0.15) is 0 Å². The maximum absolute atomic E-state index is 5.45. The molecule has 0 saturated heterocycles. The number of hydrogen-bond donors (Lipinski definition) is 0. The van der Waals surface area contributed by atoms with E-state index in [1.807, 2.05) is 24.3 Å². The number of fused-ring (bicyclic) bond motifs is 1. The van der Waals surface area contributed by atoms with Crippen LogP contribution >= 0.6 is 11.3 Å². The molecular weight excluding hydrogens is 206 g/mol. The van der Waals surface area contributed by atoms with Gasteiger partial charge in [-0.3, -0.25) is 0 Å². The molecule has 0 aliphatic heterocycles. The van der Waals surface area contributed by atoms with Gasteiger partial charge in [0.15, 0.2) is 0 Å². The van der Waals surface area contributed by atoms with Crippen LogP contribution in [-0.2, 0) is 0 Å². The van der Waals surface area contributed by atoms with Gasteiger partial charge >= 0.3 is 0 Å². The highest BCUT2D eigenvalue weighted by molar-refractivity contribution is 7.19. The second kappa shape index (κ2) is 3.81. The molecule has 15 heavy (non-hydrogen) atoms. The predicted molar refractivity (Wildman–Crippen MR) is 65.0 cm³/mol. The summed E-state index contributed by atoms with van der Waals surface area (Å²) in [6.07, 6.45) is 0. The van der Waals surface area contributed by atoms with Crippen LogP contribution in [0.15, 0.2) is 6.07 Å². The summed E-state index contributed by atoms with van der Waals surface area (Å²) in [5, 5.41) is 0. The van der Waals surface area contributed by atoms with Crippen molar-refractivity contribution in [3.63, 3.8) is 0 Å². The Morgan fingerprint density at radius 3 is 2.73 bits per heavy atom. The van der Waals surface area contributed by atoms with Gasteiger partial charge in [-0.15, -0.1) is 11.3 Å². The van der Waals surface area contributed by atoms with E-state index in [4.69, 9.17) is 4.74 Å². The van der Waals surface area contributed by atoms with Crippen LogP contribution < -0.4 is 4.74 Å². The Hall–Kier alpha value is -1.09. The minimum atomic E-state index is 0.667. The van der Waals surface area contributed by atoms with Crippen molar-refractivity contribution in [2.24, 2.45) is 0 Å². The van der Waals surface area contributed by atoms with Gasteiger partial charge in [0.25, 0.3) is 0 Å². The molecule has 0 aliphatic carbocycles. The van der Waals surface area contributed by atoms with Gasteiger partial charge in [0, 0.05) is 10.9 Å². The van der Waals surface area contributed by atoms with Gasteiger partial charge in [-0.05, 0) is 38.8 Å². The molecule has 2 aromatic rings. The van der Waals surface area contributed by atoms with Crippen LogP contribution in [0, 0.1) is 20.8 Å². The molecule has 0 unspecified atom stereocenters. The zero-order valence-corrected chi connectivity index (χ0v) is 10.4. The third kappa shape index (κ3) is 1.72. The number of hydrogen-bond acceptors (Lipinski definition) is 3. The van der Waals surface area contributed by atoms with E-state index in [1.54, 1.807) is 0 Å². The summed E-state index contributed by atoms with van der Waals surface area (Å²) in [5.74, 6) is 0.739. The molecule has 0 saturated carbocycles. The highest BCUT2D eigenvalue weighted by atomic mass is 32.1. The molecular formula is C12H15NOS. The van der Waals surface area contributed by atoms with Crippen LogP contribution in [0.3, 0.4) is 0 Å². The van der Waals surface area contributed by atoms with Crippen molar-refractivity contribution >= 4 is 21.6 Å². The molecule has 2 rings (SSSR count). The number of thiophene rings is 1. The normalized spacial score (nSPS) is 10.9. The van der Waals surface area contributed by atoms with E-state index in [-0.39, 0.29) is 0 Å². The molecule has 3 heteroatoms. The van der Waals surface area contributed by atoms with Crippen LogP contribution in [0.2, 0.25) is 0 Å². The summed E-state index contributed by atoms with van der Waals surface area (Å²) in [6.45, 7) is 9.02. The van der Waals surface area contributed by atoms with Gasteiger partial charge in [-0.25, -0.2) is 4.98 Å². The Kier molecular flexibility index (Phi) is 2.65. The molecule has 0 aliphatic rings.